The molecule has 86 valence electrons. The topological polar surface area (TPSA) is 46.6 Å². The van der Waals surface area contributed by atoms with E-state index in [4.69, 9.17) is 0 Å². The molecule has 15 heavy (non-hydrogen) atoms. The van der Waals surface area contributed by atoms with Gasteiger partial charge in [0.1, 0.15) is 6.04 Å². The second kappa shape index (κ2) is 5.49. The number of amides is 1. The molecular weight excluding hydrogens is 262 g/mol. The molecule has 0 aromatic rings. The van der Waals surface area contributed by atoms with Crippen molar-refractivity contribution in [1.82, 2.24) is 4.90 Å². The van der Waals surface area contributed by atoms with Crippen LogP contribution >= 0.6 is 15.9 Å². The summed E-state index contributed by atoms with van der Waals surface area (Å²) in [4.78, 5) is 24.7. The molecular formula is C10H16BrNO3. The normalized spacial score (nSPS) is 22.6. The fourth-order valence-electron chi connectivity index (χ4n) is 1.77. The summed E-state index contributed by atoms with van der Waals surface area (Å²) in [6.45, 7) is 2.58. The fraction of sp³-hybridized carbons (Fsp3) is 0.800. The van der Waals surface area contributed by atoms with Gasteiger partial charge in [-0.2, -0.15) is 0 Å². The number of carbonyl (C=O) groups is 2. The maximum atomic E-state index is 11.9. The van der Waals surface area contributed by atoms with Gasteiger partial charge in [-0.3, -0.25) is 4.79 Å². The van der Waals surface area contributed by atoms with E-state index in [9.17, 15) is 9.59 Å². The number of halogens is 1. The van der Waals surface area contributed by atoms with E-state index in [1.165, 1.54) is 7.11 Å². The summed E-state index contributed by atoms with van der Waals surface area (Å²) in [5.74, 6) is -0.318. The monoisotopic (exact) mass is 277 g/mol. The van der Waals surface area contributed by atoms with Gasteiger partial charge in [0.15, 0.2) is 0 Å². The Kier molecular flexibility index (Phi) is 4.57. The molecule has 1 heterocycles. The number of methoxy groups -OCH3 is 1. The fourth-order valence-corrected chi connectivity index (χ4v) is 2.03. The highest BCUT2D eigenvalue weighted by Gasteiger charge is 2.36. The van der Waals surface area contributed by atoms with Gasteiger partial charge in [-0.15, -0.1) is 0 Å². The molecule has 0 radical (unpaired) electrons. The van der Waals surface area contributed by atoms with Gasteiger partial charge < -0.3 is 9.64 Å². The Labute approximate surface area is 98.1 Å². The third-order valence-electron chi connectivity index (χ3n) is 2.64. The van der Waals surface area contributed by atoms with Crippen molar-refractivity contribution in [3.63, 3.8) is 0 Å². The molecule has 0 unspecified atom stereocenters. The van der Waals surface area contributed by atoms with Crippen molar-refractivity contribution in [2.45, 2.75) is 37.1 Å². The predicted molar refractivity (Wildman–Crippen MR) is 59.8 cm³/mol. The van der Waals surface area contributed by atoms with Gasteiger partial charge >= 0.3 is 5.97 Å². The first-order valence-electron chi connectivity index (χ1n) is 5.14. The van der Waals surface area contributed by atoms with E-state index in [1.54, 1.807) is 4.90 Å². The molecule has 0 aromatic heterocycles. The van der Waals surface area contributed by atoms with Crippen LogP contribution in [-0.2, 0) is 14.3 Å². The number of esters is 1. The van der Waals surface area contributed by atoms with Crippen LogP contribution < -0.4 is 0 Å². The Morgan fingerprint density at radius 1 is 1.60 bits per heavy atom. The standard InChI is InChI=1S/C10H16BrNO3/c1-3-7(11)9(13)12-6-4-5-8(12)10(14)15-2/h7-8H,3-6H2,1-2H3/t7-,8+/m1/s1. The van der Waals surface area contributed by atoms with Crippen molar-refractivity contribution in [3.05, 3.63) is 0 Å². The van der Waals surface area contributed by atoms with Gasteiger partial charge in [-0.1, -0.05) is 22.9 Å². The van der Waals surface area contributed by atoms with Gasteiger partial charge in [0.05, 0.1) is 11.9 Å². The average molecular weight is 278 g/mol. The Morgan fingerprint density at radius 2 is 2.27 bits per heavy atom. The number of likely N-dealkylation sites (tertiary alicyclic amines) is 1. The van der Waals surface area contributed by atoms with Crippen LogP contribution in [0, 0.1) is 0 Å². The highest BCUT2D eigenvalue weighted by atomic mass is 79.9. The number of ether oxygens (including phenoxy) is 1. The summed E-state index contributed by atoms with van der Waals surface area (Å²) in [6.07, 6.45) is 2.31. The predicted octanol–water partition coefficient (Wildman–Crippen LogP) is 1.32. The maximum Gasteiger partial charge on any atom is 0.328 e. The van der Waals surface area contributed by atoms with E-state index in [1.807, 2.05) is 6.92 Å². The summed E-state index contributed by atoms with van der Waals surface area (Å²) in [5.41, 5.74) is 0. The van der Waals surface area contributed by atoms with E-state index in [-0.39, 0.29) is 22.7 Å². The highest BCUT2D eigenvalue weighted by molar-refractivity contribution is 9.10. The zero-order valence-corrected chi connectivity index (χ0v) is 10.6. The number of rotatable bonds is 3. The van der Waals surface area contributed by atoms with Crippen molar-refractivity contribution < 1.29 is 14.3 Å². The van der Waals surface area contributed by atoms with Crippen LogP contribution in [0.4, 0.5) is 0 Å². The van der Waals surface area contributed by atoms with Gasteiger partial charge in [-0.25, -0.2) is 4.79 Å². The van der Waals surface area contributed by atoms with Crippen LogP contribution in [0.25, 0.3) is 0 Å². The molecule has 0 aliphatic carbocycles. The molecule has 0 bridgehead atoms. The summed E-state index contributed by atoms with van der Waals surface area (Å²) < 4.78 is 4.68. The van der Waals surface area contributed by atoms with Crippen molar-refractivity contribution >= 4 is 27.8 Å². The third kappa shape index (κ3) is 2.71. The average Bonchev–Trinajstić information content (AvgIpc) is 2.74. The quantitative estimate of drug-likeness (QED) is 0.578. The van der Waals surface area contributed by atoms with Crippen LogP contribution in [0.3, 0.4) is 0 Å². The lowest BCUT2D eigenvalue weighted by Gasteiger charge is -2.24. The molecule has 1 rings (SSSR count). The van der Waals surface area contributed by atoms with Crippen LogP contribution in [-0.4, -0.2) is 41.3 Å². The zero-order chi connectivity index (χ0) is 11.4. The molecule has 1 aliphatic heterocycles. The molecule has 1 fully saturated rings. The number of alkyl halides is 1. The first-order chi connectivity index (χ1) is 7.11. The molecule has 0 N–H and O–H groups in total. The lowest BCUT2D eigenvalue weighted by Crippen LogP contribution is -2.44. The van der Waals surface area contributed by atoms with Gasteiger partial charge in [0.2, 0.25) is 5.91 Å². The number of carbonyl (C=O) groups excluding carboxylic acids is 2. The third-order valence-corrected chi connectivity index (χ3v) is 3.67. The molecule has 5 heteroatoms. The van der Waals surface area contributed by atoms with Crippen LogP contribution in [0.2, 0.25) is 0 Å². The first-order valence-corrected chi connectivity index (χ1v) is 6.05. The Morgan fingerprint density at radius 3 is 2.80 bits per heavy atom. The molecule has 0 saturated carbocycles. The van der Waals surface area contributed by atoms with Crippen LogP contribution in [0.15, 0.2) is 0 Å². The minimum absolute atomic E-state index is 0.00889. The number of hydrogen-bond donors (Lipinski definition) is 0. The zero-order valence-electron chi connectivity index (χ0n) is 9.03. The summed E-state index contributed by atoms with van der Waals surface area (Å²) in [6, 6.07) is -0.380. The number of hydrogen-bond acceptors (Lipinski definition) is 3. The second-order valence-corrected chi connectivity index (χ2v) is 4.69. The van der Waals surface area contributed by atoms with Crippen molar-refractivity contribution in [3.8, 4) is 0 Å². The van der Waals surface area contributed by atoms with Crippen LogP contribution in [0.5, 0.6) is 0 Å². The molecule has 4 nitrogen and oxygen atoms in total. The summed E-state index contributed by atoms with van der Waals surface area (Å²) in [7, 11) is 1.36. The maximum absolute atomic E-state index is 11.9. The van der Waals surface area contributed by atoms with E-state index >= 15 is 0 Å². The Bertz CT molecular complexity index is 257. The summed E-state index contributed by atoms with van der Waals surface area (Å²) >= 11 is 3.31. The van der Waals surface area contributed by atoms with E-state index in [0.29, 0.717) is 13.0 Å². The van der Waals surface area contributed by atoms with Crippen LogP contribution in [0.1, 0.15) is 26.2 Å². The molecule has 1 amide bonds. The highest BCUT2D eigenvalue weighted by Crippen LogP contribution is 2.21. The minimum atomic E-state index is -0.380. The van der Waals surface area contributed by atoms with Gasteiger partial charge in [0, 0.05) is 6.54 Å². The van der Waals surface area contributed by atoms with E-state index in [0.717, 1.165) is 12.8 Å². The lowest BCUT2D eigenvalue weighted by atomic mass is 10.2. The SMILES string of the molecule is CC[C@@H](Br)C(=O)N1CCC[C@H]1C(=O)OC. The van der Waals surface area contributed by atoms with Crippen molar-refractivity contribution in [1.29, 1.82) is 0 Å². The van der Waals surface area contributed by atoms with Gasteiger partial charge in [-0.05, 0) is 19.3 Å². The summed E-state index contributed by atoms with van der Waals surface area (Å²) in [5, 5.41) is 0. The van der Waals surface area contributed by atoms with E-state index in [2.05, 4.69) is 20.7 Å². The Balaban J connectivity index is 2.68. The van der Waals surface area contributed by atoms with Gasteiger partial charge in [0.25, 0.3) is 0 Å². The largest absolute Gasteiger partial charge is 0.467 e. The molecule has 2 atom stereocenters. The first kappa shape index (κ1) is 12.5. The van der Waals surface area contributed by atoms with Crippen molar-refractivity contribution in [2.75, 3.05) is 13.7 Å². The molecule has 0 aromatic carbocycles. The van der Waals surface area contributed by atoms with E-state index < -0.39 is 0 Å². The smallest absolute Gasteiger partial charge is 0.328 e. The molecule has 0 spiro atoms. The Hall–Kier alpha value is -0.580. The van der Waals surface area contributed by atoms with Crippen molar-refractivity contribution in [2.24, 2.45) is 0 Å². The molecule has 1 saturated heterocycles. The lowest BCUT2D eigenvalue weighted by molar-refractivity contribution is -0.150. The number of nitrogens with zero attached hydrogens (tertiary/aromatic N) is 1. The minimum Gasteiger partial charge on any atom is -0.467 e. The molecule has 1 aliphatic rings. The second-order valence-electron chi connectivity index (χ2n) is 3.59.